The molecule has 0 radical (unpaired) electrons. The molecule has 0 bridgehead atoms. The van der Waals surface area contributed by atoms with Crippen molar-refractivity contribution in [1.29, 1.82) is 0 Å². The number of piperazine rings is 1. The van der Waals surface area contributed by atoms with E-state index >= 15 is 0 Å². The monoisotopic (exact) mass is 424 g/mol. The Hall–Kier alpha value is -2.91. The number of thiophene rings is 1. The molecule has 4 heterocycles. The maximum absolute atomic E-state index is 14.4. The lowest BCUT2D eigenvalue weighted by Crippen LogP contribution is -2.46. The van der Waals surface area contributed by atoms with E-state index in [4.69, 9.17) is 0 Å². The van der Waals surface area contributed by atoms with Gasteiger partial charge in [-0.05, 0) is 31.5 Å². The van der Waals surface area contributed by atoms with E-state index in [1.165, 1.54) is 12.4 Å². The molecule has 1 aromatic carbocycles. The molecule has 4 aromatic rings. The number of fused-ring (bicyclic) bond motifs is 2. The first kappa shape index (κ1) is 19.1. The number of hydrogen-bond donors (Lipinski definition) is 1. The van der Waals surface area contributed by atoms with Crippen molar-refractivity contribution >= 4 is 38.3 Å². The second-order valence-corrected chi connectivity index (χ2v) is 8.77. The summed E-state index contributed by atoms with van der Waals surface area (Å²) in [5, 5.41) is 1.16. The Morgan fingerprint density at radius 2 is 1.93 bits per heavy atom. The lowest BCUT2D eigenvalue weighted by Gasteiger charge is -2.35. The zero-order chi connectivity index (χ0) is 20.8. The highest BCUT2D eigenvalue weighted by Crippen LogP contribution is 2.27. The van der Waals surface area contributed by atoms with E-state index < -0.39 is 0 Å². The van der Waals surface area contributed by atoms with Crippen LogP contribution in [0.25, 0.3) is 21.1 Å². The van der Waals surface area contributed by atoms with E-state index in [2.05, 4.69) is 29.7 Å². The van der Waals surface area contributed by atoms with Crippen LogP contribution < -0.4 is 10.5 Å². The number of rotatable bonds is 3. The number of aryl methyl sites for hydroxylation is 2. The van der Waals surface area contributed by atoms with Gasteiger partial charge in [-0.3, -0.25) is 9.69 Å². The van der Waals surface area contributed by atoms with Crippen LogP contribution in [0.4, 0.5) is 10.2 Å². The smallest absolute Gasteiger partial charge is 0.259 e. The normalized spacial score (nSPS) is 15.4. The molecule has 9 heteroatoms. The number of aromatic nitrogens is 4. The number of H-pyrrole nitrogens is 1. The van der Waals surface area contributed by atoms with Gasteiger partial charge < -0.3 is 9.88 Å². The van der Waals surface area contributed by atoms with E-state index in [0.29, 0.717) is 47.6 Å². The standard InChI is InChI=1S/C21H21FN6OS/c1-12-13(2)30-21-17(12)20(29)25-16(26-21)10-27-6-8-28(9-7-27)19-18-14(22)4-3-5-15(18)23-11-24-19/h3-5,11H,6-10H2,1-2H3,(H,25,26,29). The van der Waals surface area contributed by atoms with Gasteiger partial charge >= 0.3 is 0 Å². The molecule has 1 N–H and O–H groups in total. The maximum atomic E-state index is 14.4. The number of hydrogen-bond acceptors (Lipinski definition) is 7. The number of nitrogens with zero attached hydrogens (tertiary/aromatic N) is 5. The van der Waals surface area contributed by atoms with Crippen LogP contribution in [-0.4, -0.2) is 51.0 Å². The maximum Gasteiger partial charge on any atom is 0.259 e. The Labute approximate surface area is 176 Å². The number of aromatic amines is 1. The summed E-state index contributed by atoms with van der Waals surface area (Å²) in [5.74, 6) is 1.01. The molecule has 1 aliphatic heterocycles. The van der Waals surface area contributed by atoms with Crippen LogP contribution in [0.1, 0.15) is 16.3 Å². The zero-order valence-corrected chi connectivity index (χ0v) is 17.6. The van der Waals surface area contributed by atoms with Gasteiger partial charge in [-0.15, -0.1) is 11.3 Å². The summed E-state index contributed by atoms with van der Waals surface area (Å²) in [7, 11) is 0. The summed E-state index contributed by atoms with van der Waals surface area (Å²) in [4.78, 5) is 34.9. The van der Waals surface area contributed by atoms with Crippen molar-refractivity contribution in [3.05, 3.63) is 57.0 Å². The van der Waals surface area contributed by atoms with Gasteiger partial charge in [-0.1, -0.05) is 6.07 Å². The van der Waals surface area contributed by atoms with Crippen molar-refractivity contribution in [2.75, 3.05) is 31.1 Å². The SMILES string of the molecule is Cc1sc2nc(CN3CCN(c4ncnc5cccc(F)c45)CC3)[nH]c(=O)c2c1C. The zero-order valence-electron chi connectivity index (χ0n) is 16.8. The molecule has 0 aliphatic carbocycles. The largest absolute Gasteiger partial charge is 0.353 e. The van der Waals surface area contributed by atoms with Gasteiger partial charge in [-0.25, -0.2) is 19.3 Å². The number of anilines is 1. The first-order chi connectivity index (χ1) is 14.5. The lowest BCUT2D eigenvalue weighted by atomic mass is 10.2. The second-order valence-electron chi connectivity index (χ2n) is 7.57. The van der Waals surface area contributed by atoms with Crippen LogP contribution in [0.3, 0.4) is 0 Å². The number of benzene rings is 1. The minimum Gasteiger partial charge on any atom is -0.353 e. The highest BCUT2D eigenvalue weighted by atomic mass is 32.1. The summed E-state index contributed by atoms with van der Waals surface area (Å²) in [6.45, 7) is 7.51. The second kappa shape index (κ2) is 7.41. The first-order valence-corrected chi connectivity index (χ1v) is 10.7. The molecular formula is C21H21FN6OS. The molecule has 0 atom stereocenters. The average molecular weight is 425 g/mol. The molecule has 30 heavy (non-hydrogen) atoms. The number of nitrogens with one attached hydrogen (secondary N) is 1. The van der Waals surface area contributed by atoms with Crippen LogP contribution in [-0.2, 0) is 6.54 Å². The van der Waals surface area contributed by atoms with E-state index in [1.54, 1.807) is 23.5 Å². The summed E-state index contributed by atoms with van der Waals surface area (Å²) in [6.07, 6.45) is 1.48. The van der Waals surface area contributed by atoms with E-state index in [1.807, 2.05) is 13.8 Å². The van der Waals surface area contributed by atoms with Crippen LogP contribution in [0.5, 0.6) is 0 Å². The predicted molar refractivity (Wildman–Crippen MR) is 117 cm³/mol. The van der Waals surface area contributed by atoms with Crippen LogP contribution in [0.2, 0.25) is 0 Å². The highest BCUT2D eigenvalue weighted by Gasteiger charge is 2.22. The molecule has 3 aromatic heterocycles. The molecule has 154 valence electrons. The van der Waals surface area contributed by atoms with Gasteiger partial charge in [0.2, 0.25) is 0 Å². The van der Waals surface area contributed by atoms with Gasteiger partial charge in [0.15, 0.2) is 0 Å². The Balaban J connectivity index is 1.34. The van der Waals surface area contributed by atoms with E-state index in [9.17, 15) is 9.18 Å². The minimum absolute atomic E-state index is 0.0709. The molecule has 1 aliphatic rings. The third-order valence-corrected chi connectivity index (χ3v) is 6.83. The summed E-state index contributed by atoms with van der Waals surface area (Å²) in [5.41, 5.74) is 1.55. The van der Waals surface area contributed by atoms with Crippen molar-refractivity contribution in [3.63, 3.8) is 0 Å². The Morgan fingerprint density at radius 1 is 1.13 bits per heavy atom. The van der Waals surface area contributed by atoms with Crippen molar-refractivity contribution in [3.8, 4) is 0 Å². The Bertz CT molecular complexity index is 1300. The Kier molecular flexibility index (Phi) is 4.71. The van der Waals surface area contributed by atoms with Crippen LogP contribution >= 0.6 is 11.3 Å². The van der Waals surface area contributed by atoms with Crippen molar-refractivity contribution in [1.82, 2.24) is 24.8 Å². The molecule has 1 saturated heterocycles. The van der Waals surface area contributed by atoms with Gasteiger partial charge in [0, 0.05) is 31.1 Å². The Morgan fingerprint density at radius 3 is 2.73 bits per heavy atom. The molecule has 1 fully saturated rings. The topological polar surface area (TPSA) is 78.0 Å². The third-order valence-electron chi connectivity index (χ3n) is 5.73. The van der Waals surface area contributed by atoms with Crippen molar-refractivity contribution in [2.45, 2.75) is 20.4 Å². The predicted octanol–water partition coefficient (Wildman–Crippen LogP) is 3.01. The first-order valence-electron chi connectivity index (χ1n) is 9.86. The van der Waals surface area contributed by atoms with E-state index in [-0.39, 0.29) is 11.4 Å². The van der Waals surface area contributed by atoms with Gasteiger partial charge in [0.25, 0.3) is 5.56 Å². The fraction of sp³-hybridized carbons (Fsp3) is 0.333. The van der Waals surface area contributed by atoms with Gasteiger partial charge in [0.05, 0.1) is 22.8 Å². The molecule has 0 spiro atoms. The summed E-state index contributed by atoms with van der Waals surface area (Å²) < 4.78 is 14.4. The molecule has 0 saturated carbocycles. The summed E-state index contributed by atoms with van der Waals surface area (Å²) >= 11 is 1.56. The lowest BCUT2D eigenvalue weighted by molar-refractivity contribution is 0.244. The van der Waals surface area contributed by atoms with E-state index in [0.717, 1.165) is 28.4 Å². The highest BCUT2D eigenvalue weighted by molar-refractivity contribution is 7.18. The molecule has 5 rings (SSSR count). The number of halogens is 1. The summed E-state index contributed by atoms with van der Waals surface area (Å²) in [6, 6.07) is 4.90. The molecule has 7 nitrogen and oxygen atoms in total. The fourth-order valence-corrected chi connectivity index (χ4v) is 5.04. The fourth-order valence-electron chi connectivity index (χ4n) is 4.00. The van der Waals surface area contributed by atoms with Crippen LogP contribution in [0.15, 0.2) is 29.3 Å². The van der Waals surface area contributed by atoms with Crippen molar-refractivity contribution < 1.29 is 4.39 Å². The quantitative estimate of drug-likeness (QED) is 0.545. The molecular weight excluding hydrogens is 403 g/mol. The van der Waals surface area contributed by atoms with Gasteiger partial charge in [0.1, 0.15) is 28.6 Å². The minimum atomic E-state index is -0.304. The molecule has 0 unspecified atom stereocenters. The average Bonchev–Trinajstić information content (AvgIpc) is 3.02. The third kappa shape index (κ3) is 3.23. The molecule has 0 amide bonds. The van der Waals surface area contributed by atoms with Crippen molar-refractivity contribution in [2.24, 2.45) is 0 Å². The van der Waals surface area contributed by atoms with Gasteiger partial charge in [-0.2, -0.15) is 0 Å². The van der Waals surface area contributed by atoms with Crippen LogP contribution in [0, 0.1) is 19.7 Å².